The number of carbonyl (C=O) groups excluding carboxylic acids is 1. The predicted octanol–water partition coefficient (Wildman–Crippen LogP) is 2.27. The van der Waals surface area contributed by atoms with Crippen molar-refractivity contribution in [3.05, 3.63) is 22.4 Å². The minimum atomic E-state index is -0.186. The van der Waals surface area contributed by atoms with Crippen LogP contribution in [0.4, 0.5) is 0 Å². The fourth-order valence-electron chi connectivity index (χ4n) is 1.47. The second kappa shape index (κ2) is 4.37. The molecule has 4 nitrogen and oxygen atoms in total. The highest BCUT2D eigenvalue weighted by Gasteiger charge is 2.27. The molecule has 1 aliphatic rings. The highest BCUT2D eigenvalue weighted by molar-refractivity contribution is 9.10. The topological polar surface area (TPSA) is 43.3 Å². The molecule has 0 aliphatic heterocycles. The van der Waals surface area contributed by atoms with E-state index >= 15 is 0 Å². The molecule has 1 saturated carbocycles. The Morgan fingerprint density at radius 3 is 3.07 bits per heavy atom. The molecule has 0 saturated heterocycles. The van der Waals surface area contributed by atoms with Gasteiger partial charge in [-0.1, -0.05) is 0 Å². The molecule has 2 rings (SSSR count). The Kier molecular flexibility index (Phi) is 3.11. The standard InChI is InChI=1S/C10H13BrN2O2/c1-2-15-12-10(14)9-5-7(11)6-13(9)8-3-4-8/h5-6,8H,2-4H2,1H3,(H,12,14). The molecule has 0 aromatic carbocycles. The molecule has 0 spiro atoms. The summed E-state index contributed by atoms with van der Waals surface area (Å²) < 4.78 is 2.93. The maximum Gasteiger partial charge on any atom is 0.291 e. The van der Waals surface area contributed by atoms with Crippen molar-refractivity contribution < 1.29 is 9.63 Å². The van der Waals surface area contributed by atoms with E-state index in [0.29, 0.717) is 18.3 Å². The second-order valence-electron chi connectivity index (χ2n) is 3.55. The quantitative estimate of drug-likeness (QED) is 0.855. The molecule has 5 heteroatoms. The highest BCUT2D eigenvalue weighted by atomic mass is 79.9. The van der Waals surface area contributed by atoms with Gasteiger partial charge in [-0.15, -0.1) is 0 Å². The van der Waals surface area contributed by atoms with Gasteiger partial charge < -0.3 is 4.57 Å². The normalized spacial score (nSPS) is 15.3. The third-order valence-corrected chi connectivity index (χ3v) is 2.73. The summed E-state index contributed by atoms with van der Waals surface area (Å²) in [5, 5.41) is 0. The fourth-order valence-corrected chi connectivity index (χ4v) is 1.91. The maximum absolute atomic E-state index is 11.7. The van der Waals surface area contributed by atoms with Gasteiger partial charge >= 0.3 is 0 Å². The van der Waals surface area contributed by atoms with Gasteiger partial charge in [0.1, 0.15) is 5.69 Å². The molecule has 1 aromatic heterocycles. The number of nitrogens with zero attached hydrogens (tertiary/aromatic N) is 1. The number of hydrogen-bond donors (Lipinski definition) is 1. The molecule has 0 bridgehead atoms. The lowest BCUT2D eigenvalue weighted by Crippen LogP contribution is -2.25. The summed E-state index contributed by atoms with van der Waals surface area (Å²) in [5.74, 6) is -0.186. The van der Waals surface area contributed by atoms with Crippen LogP contribution in [0.3, 0.4) is 0 Å². The number of carbonyl (C=O) groups is 1. The van der Waals surface area contributed by atoms with Crippen LogP contribution in [-0.2, 0) is 4.84 Å². The summed E-state index contributed by atoms with van der Waals surface area (Å²) in [6.07, 6.45) is 4.24. The average molecular weight is 273 g/mol. The van der Waals surface area contributed by atoms with E-state index in [9.17, 15) is 4.79 Å². The van der Waals surface area contributed by atoms with Gasteiger partial charge in [0.2, 0.25) is 0 Å². The third kappa shape index (κ3) is 2.41. The van der Waals surface area contributed by atoms with E-state index in [0.717, 1.165) is 17.3 Å². The number of nitrogens with one attached hydrogen (secondary N) is 1. The van der Waals surface area contributed by atoms with E-state index < -0.39 is 0 Å². The number of hydroxylamine groups is 1. The van der Waals surface area contributed by atoms with Crippen molar-refractivity contribution in [2.24, 2.45) is 0 Å². The predicted molar refractivity (Wildman–Crippen MR) is 59.5 cm³/mol. The summed E-state index contributed by atoms with van der Waals surface area (Å²) in [6, 6.07) is 2.30. The van der Waals surface area contributed by atoms with E-state index in [1.54, 1.807) is 0 Å². The van der Waals surface area contributed by atoms with Crippen LogP contribution in [0.25, 0.3) is 0 Å². The Labute approximate surface area is 96.7 Å². The van der Waals surface area contributed by atoms with Crippen LogP contribution in [0.5, 0.6) is 0 Å². The van der Waals surface area contributed by atoms with E-state index in [-0.39, 0.29) is 5.91 Å². The van der Waals surface area contributed by atoms with E-state index in [2.05, 4.69) is 21.4 Å². The van der Waals surface area contributed by atoms with Crippen LogP contribution in [-0.4, -0.2) is 17.1 Å². The monoisotopic (exact) mass is 272 g/mol. The van der Waals surface area contributed by atoms with Gasteiger partial charge in [-0.2, -0.15) is 0 Å². The second-order valence-corrected chi connectivity index (χ2v) is 4.46. The molecule has 0 atom stereocenters. The van der Waals surface area contributed by atoms with E-state index in [1.165, 1.54) is 0 Å². The molecule has 15 heavy (non-hydrogen) atoms. The zero-order chi connectivity index (χ0) is 10.8. The highest BCUT2D eigenvalue weighted by Crippen LogP contribution is 2.37. The lowest BCUT2D eigenvalue weighted by molar-refractivity contribution is 0.0356. The maximum atomic E-state index is 11.7. The first-order valence-electron chi connectivity index (χ1n) is 5.02. The summed E-state index contributed by atoms with van der Waals surface area (Å²) >= 11 is 3.37. The summed E-state index contributed by atoms with van der Waals surface area (Å²) in [7, 11) is 0. The van der Waals surface area contributed by atoms with Crippen molar-refractivity contribution in [1.29, 1.82) is 0 Å². The summed E-state index contributed by atoms with van der Waals surface area (Å²) in [4.78, 5) is 16.6. The largest absolute Gasteiger partial charge is 0.339 e. The Morgan fingerprint density at radius 1 is 1.73 bits per heavy atom. The van der Waals surface area contributed by atoms with Crippen LogP contribution in [0, 0.1) is 0 Å². The van der Waals surface area contributed by atoms with Gasteiger partial charge in [-0.05, 0) is 41.8 Å². The van der Waals surface area contributed by atoms with Crippen molar-refractivity contribution in [2.75, 3.05) is 6.61 Å². The van der Waals surface area contributed by atoms with Gasteiger partial charge in [0.25, 0.3) is 5.91 Å². The number of amides is 1. The number of rotatable bonds is 4. The van der Waals surface area contributed by atoms with Crippen molar-refractivity contribution in [1.82, 2.24) is 10.0 Å². The molecule has 1 fully saturated rings. The van der Waals surface area contributed by atoms with Crippen LogP contribution in [0.15, 0.2) is 16.7 Å². The van der Waals surface area contributed by atoms with Crippen molar-refractivity contribution in [3.8, 4) is 0 Å². The molecule has 1 aliphatic carbocycles. The first kappa shape index (κ1) is 10.7. The third-order valence-electron chi connectivity index (χ3n) is 2.30. The SMILES string of the molecule is CCONC(=O)c1cc(Br)cn1C1CC1. The van der Waals surface area contributed by atoms with E-state index in [1.807, 2.05) is 23.8 Å². The Morgan fingerprint density at radius 2 is 2.47 bits per heavy atom. The van der Waals surface area contributed by atoms with Crippen molar-refractivity contribution in [2.45, 2.75) is 25.8 Å². The van der Waals surface area contributed by atoms with Crippen molar-refractivity contribution in [3.63, 3.8) is 0 Å². The first-order valence-corrected chi connectivity index (χ1v) is 5.81. The van der Waals surface area contributed by atoms with Gasteiger partial charge in [-0.25, -0.2) is 5.48 Å². The van der Waals surface area contributed by atoms with Crippen LogP contribution in [0.1, 0.15) is 36.3 Å². The Bertz CT molecular complexity index is 371. The van der Waals surface area contributed by atoms with Crippen LogP contribution < -0.4 is 5.48 Å². The van der Waals surface area contributed by atoms with Gasteiger partial charge in [0.15, 0.2) is 0 Å². The van der Waals surface area contributed by atoms with Gasteiger partial charge in [0, 0.05) is 16.7 Å². The minimum absolute atomic E-state index is 0.186. The molecule has 0 radical (unpaired) electrons. The van der Waals surface area contributed by atoms with Crippen LogP contribution in [0.2, 0.25) is 0 Å². The van der Waals surface area contributed by atoms with Gasteiger partial charge in [0.05, 0.1) is 6.61 Å². The molecule has 1 aromatic rings. The van der Waals surface area contributed by atoms with Crippen molar-refractivity contribution >= 4 is 21.8 Å². The molecular weight excluding hydrogens is 260 g/mol. The number of aromatic nitrogens is 1. The zero-order valence-electron chi connectivity index (χ0n) is 8.50. The average Bonchev–Trinajstić information content (AvgIpc) is 2.98. The summed E-state index contributed by atoms with van der Waals surface area (Å²) in [5.41, 5.74) is 3.06. The lowest BCUT2D eigenvalue weighted by Gasteiger charge is -2.07. The molecular formula is C10H13BrN2O2. The zero-order valence-corrected chi connectivity index (χ0v) is 10.1. The molecule has 0 unspecified atom stereocenters. The lowest BCUT2D eigenvalue weighted by atomic mass is 10.4. The smallest absolute Gasteiger partial charge is 0.291 e. The summed E-state index contributed by atoms with van der Waals surface area (Å²) in [6.45, 7) is 2.30. The molecule has 1 heterocycles. The fraction of sp³-hybridized carbons (Fsp3) is 0.500. The minimum Gasteiger partial charge on any atom is -0.339 e. The molecule has 1 amide bonds. The molecule has 1 N–H and O–H groups in total. The Hall–Kier alpha value is -0.810. The van der Waals surface area contributed by atoms with Crippen LogP contribution >= 0.6 is 15.9 Å². The van der Waals surface area contributed by atoms with E-state index in [4.69, 9.17) is 4.84 Å². The number of halogens is 1. The number of hydrogen-bond acceptors (Lipinski definition) is 2. The first-order chi connectivity index (χ1) is 7.22. The van der Waals surface area contributed by atoms with Gasteiger partial charge in [-0.3, -0.25) is 9.63 Å². The molecule has 82 valence electrons. The Balaban J connectivity index is 2.14.